The molecule has 0 aliphatic heterocycles. The Morgan fingerprint density at radius 3 is 2.62 bits per heavy atom. The summed E-state index contributed by atoms with van der Waals surface area (Å²) in [4.78, 5) is 31.4. The fourth-order valence-corrected chi connectivity index (χ4v) is 2.21. The summed E-state index contributed by atoms with van der Waals surface area (Å²) < 4.78 is 5.15. The van der Waals surface area contributed by atoms with E-state index >= 15 is 0 Å². The van der Waals surface area contributed by atoms with Crippen molar-refractivity contribution in [1.82, 2.24) is 15.3 Å². The van der Waals surface area contributed by atoms with Crippen LogP contribution in [0.2, 0.25) is 0 Å². The topological polar surface area (TPSA) is 109 Å². The van der Waals surface area contributed by atoms with Gasteiger partial charge in [-0.1, -0.05) is 6.07 Å². The number of aromatic nitrogens is 2. The zero-order valence-corrected chi connectivity index (χ0v) is 14.0. The fourth-order valence-electron chi connectivity index (χ4n) is 2.21. The van der Waals surface area contributed by atoms with Crippen LogP contribution in [0.3, 0.4) is 0 Å². The molecule has 0 saturated carbocycles. The monoisotopic (exact) mass is 351 g/mol. The van der Waals surface area contributed by atoms with Crippen LogP contribution >= 0.6 is 0 Å². The third-order valence-corrected chi connectivity index (χ3v) is 3.34. The Kier molecular flexibility index (Phi) is 5.23. The Hall–Kier alpha value is -3.68. The molecule has 0 radical (unpaired) electrons. The molecule has 2 heterocycles. The number of hydrogen-bond donors (Lipinski definition) is 3. The molecule has 8 heteroatoms. The molecule has 0 bridgehead atoms. The standard InChI is InChI=1S/C18H17N5O3/c1-12(24)22-13-4-2-5-14(8-13)23-17-11-19-16(10-20-17)18(25)21-9-15-6-3-7-26-15/h2-8,10-11H,9H2,1H3,(H,20,23)(H,21,25)(H,22,24). The summed E-state index contributed by atoms with van der Waals surface area (Å²) in [6.45, 7) is 1.73. The second kappa shape index (κ2) is 7.93. The molecule has 1 aromatic carbocycles. The molecule has 0 saturated heterocycles. The number of anilines is 3. The summed E-state index contributed by atoms with van der Waals surface area (Å²) in [7, 11) is 0. The van der Waals surface area contributed by atoms with Crippen molar-refractivity contribution < 1.29 is 14.0 Å². The van der Waals surface area contributed by atoms with Crippen LogP contribution in [0.25, 0.3) is 0 Å². The molecule has 0 atom stereocenters. The van der Waals surface area contributed by atoms with Gasteiger partial charge in [0.15, 0.2) is 0 Å². The Morgan fingerprint density at radius 1 is 1.08 bits per heavy atom. The van der Waals surface area contributed by atoms with Crippen LogP contribution < -0.4 is 16.0 Å². The smallest absolute Gasteiger partial charge is 0.271 e. The van der Waals surface area contributed by atoms with Crippen molar-refractivity contribution in [2.45, 2.75) is 13.5 Å². The molecule has 132 valence electrons. The van der Waals surface area contributed by atoms with Crippen molar-refractivity contribution in [2.24, 2.45) is 0 Å². The van der Waals surface area contributed by atoms with Crippen LogP contribution in [-0.2, 0) is 11.3 Å². The maximum Gasteiger partial charge on any atom is 0.271 e. The highest BCUT2D eigenvalue weighted by atomic mass is 16.3. The minimum atomic E-state index is -0.340. The minimum absolute atomic E-state index is 0.146. The number of rotatable bonds is 6. The van der Waals surface area contributed by atoms with Crippen molar-refractivity contribution in [1.29, 1.82) is 0 Å². The Balaban J connectivity index is 1.60. The van der Waals surface area contributed by atoms with Crippen LogP contribution in [0.4, 0.5) is 17.2 Å². The summed E-state index contributed by atoms with van der Waals surface area (Å²) in [6.07, 6.45) is 4.40. The number of nitrogens with zero attached hydrogens (tertiary/aromatic N) is 2. The van der Waals surface area contributed by atoms with Crippen molar-refractivity contribution in [3.8, 4) is 0 Å². The largest absolute Gasteiger partial charge is 0.467 e. The first kappa shape index (κ1) is 17.2. The van der Waals surface area contributed by atoms with Crippen LogP contribution in [0.1, 0.15) is 23.2 Å². The molecular formula is C18H17N5O3. The molecule has 0 fully saturated rings. The van der Waals surface area contributed by atoms with Gasteiger partial charge in [-0.05, 0) is 30.3 Å². The molecule has 2 aromatic heterocycles. The molecule has 3 N–H and O–H groups in total. The van der Waals surface area contributed by atoms with E-state index in [1.54, 1.807) is 36.6 Å². The highest BCUT2D eigenvalue weighted by molar-refractivity contribution is 5.92. The van der Waals surface area contributed by atoms with Crippen molar-refractivity contribution >= 4 is 29.0 Å². The maximum absolute atomic E-state index is 12.0. The van der Waals surface area contributed by atoms with Gasteiger partial charge in [0.2, 0.25) is 5.91 Å². The Bertz CT molecular complexity index is 891. The second-order valence-corrected chi connectivity index (χ2v) is 5.44. The summed E-state index contributed by atoms with van der Waals surface area (Å²) in [5.74, 6) is 0.649. The predicted molar refractivity (Wildman–Crippen MR) is 95.9 cm³/mol. The number of furan rings is 1. The maximum atomic E-state index is 12.0. The number of amides is 2. The molecule has 0 spiro atoms. The number of carbonyl (C=O) groups excluding carboxylic acids is 2. The van der Waals surface area contributed by atoms with Crippen molar-refractivity contribution in [3.05, 3.63) is 66.5 Å². The lowest BCUT2D eigenvalue weighted by Crippen LogP contribution is -2.23. The van der Waals surface area contributed by atoms with E-state index in [1.807, 2.05) is 6.07 Å². The number of hydrogen-bond acceptors (Lipinski definition) is 6. The Morgan fingerprint density at radius 2 is 1.92 bits per heavy atom. The van der Waals surface area contributed by atoms with E-state index in [1.165, 1.54) is 19.3 Å². The normalized spacial score (nSPS) is 10.2. The van der Waals surface area contributed by atoms with E-state index in [0.717, 1.165) is 5.69 Å². The zero-order chi connectivity index (χ0) is 18.4. The van der Waals surface area contributed by atoms with Crippen LogP contribution in [0.15, 0.2) is 59.5 Å². The SMILES string of the molecule is CC(=O)Nc1cccc(Nc2cnc(C(=O)NCc3ccco3)cn2)c1. The summed E-state index contributed by atoms with van der Waals surface area (Å²) in [5, 5.41) is 8.47. The van der Waals surface area contributed by atoms with Crippen LogP contribution in [-0.4, -0.2) is 21.8 Å². The van der Waals surface area contributed by atoms with E-state index in [2.05, 4.69) is 25.9 Å². The highest BCUT2D eigenvalue weighted by Crippen LogP contribution is 2.18. The molecule has 3 rings (SSSR count). The van der Waals surface area contributed by atoms with Gasteiger partial charge >= 0.3 is 0 Å². The first-order valence-electron chi connectivity index (χ1n) is 7.87. The molecular weight excluding hydrogens is 334 g/mol. The first-order valence-corrected chi connectivity index (χ1v) is 7.87. The van der Waals surface area contributed by atoms with Crippen molar-refractivity contribution in [2.75, 3.05) is 10.6 Å². The number of carbonyl (C=O) groups is 2. The molecule has 0 aliphatic carbocycles. The van der Waals surface area contributed by atoms with Gasteiger partial charge in [-0.15, -0.1) is 0 Å². The molecule has 3 aromatic rings. The summed E-state index contributed by atoms with van der Waals surface area (Å²) in [5.41, 5.74) is 1.61. The summed E-state index contributed by atoms with van der Waals surface area (Å²) >= 11 is 0. The average molecular weight is 351 g/mol. The van der Waals surface area contributed by atoms with Crippen LogP contribution in [0, 0.1) is 0 Å². The lowest BCUT2D eigenvalue weighted by atomic mass is 10.2. The average Bonchev–Trinajstić information content (AvgIpc) is 3.14. The van der Waals surface area contributed by atoms with E-state index in [9.17, 15) is 9.59 Å². The van der Waals surface area contributed by atoms with Gasteiger partial charge in [0.1, 0.15) is 17.3 Å². The molecule has 0 unspecified atom stereocenters. The lowest BCUT2D eigenvalue weighted by Gasteiger charge is -2.08. The van der Waals surface area contributed by atoms with Gasteiger partial charge in [-0.2, -0.15) is 0 Å². The highest BCUT2D eigenvalue weighted by Gasteiger charge is 2.09. The quantitative estimate of drug-likeness (QED) is 0.630. The molecule has 8 nitrogen and oxygen atoms in total. The van der Waals surface area contributed by atoms with E-state index in [4.69, 9.17) is 4.42 Å². The third kappa shape index (κ3) is 4.67. The van der Waals surface area contributed by atoms with E-state index < -0.39 is 0 Å². The van der Waals surface area contributed by atoms with Gasteiger partial charge in [0.25, 0.3) is 5.91 Å². The summed E-state index contributed by atoms with van der Waals surface area (Å²) in [6, 6.07) is 10.7. The molecule has 0 aliphatic rings. The van der Waals surface area contributed by atoms with Gasteiger partial charge < -0.3 is 20.4 Å². The fraction of sp³-hybridized carbons (Fsp3) is 0.111. The minimum Gasteiger partial charge on any atom is -0.467 e. The Labute approximate surface area is 149 Å². The van der Waals surface area contributed by atoms with Gasteiger partial charge in [0, 0.05) is 18.3 Å². The molecule has 26 heavy (non-hydrogen) atoms. The predicted octanol–water partition coefficient (Wildman–Crippen LogP) is 2.70. The zero-order valence-electron chi connectivity index (χ0n) is 14.0. The molecule has 2 amide bonds. The number of nitrogens with one attached hydrogen (secondary N) is 3. The van der Waals surface area contributed by atoms with Gasteiger partial charge in [0.05, 0.1) is 25.2 Å². The van der Waals surface area contributed by atoms with Crippen LogP contribution in [0.5, 0.6) is 0 Å². The second-order valence-electron chi connectivity index (χ2n) is 5.44. The third-order valence-electron chi connectivity index (χ3n) is 3.34. The van der Waals surface area contributed by atoms with Gasteiger partial charge in [-0.3, -0.25) is 9.59 Å². The van der Waals surface area contributed by atoms with E-state index in [0.29, 0.717) is 17.3 Å². The lowest BCUT2D eigenvalue weighted by molar-refractivity contribution is -0.114. The number of benzene rings is 1. The first-order chi connectivity index (χ1) is 12.6. The van der Waals surface area contributed by atoms with Gasteiger partial charge in [-0.25, -0.2) is 9.97 Å². The van der Waals surface area contributed by atoms with E-state index in [-0.39, 0.29) is 24.1 Å². The van der Waals surface area contributed by atoms with Crippen molar-refractivity contribution in [3.63, 3.8) is 0 Å².